The van der Waals surface area contributed by atoms with E-state index in [-0.39, 0.29) is 4.90 Å². The number of methoxy groups -OCH3 is 1. The number of benzene rings is 1. The van der Waals surface area contributed by atoms with Crippen molar-refractivity contribution in [2.24, 2.45) is 0 Å². The first kappa shape index (κ1) is 13.5. The summed E-state index contributed by atoms with van der Waals surface area (Å²) >= 11 is 0. The Bertz CT molecular complexity index is 517. The van der Waals surface area contributed by atoms with Crippen molar-refractivity contribution >= 4 is 10.0 Å². The molecule has 6 heteroatoms. The van der Waals surface area contributed by atoms with Gasteiger partial charge in [0.1, 0.15) is 11.8 Å². The van der Waals surface area contributed by atoms with E-state index in [2.05, 4.69) is 0 Å². The van der Waals surface area contributed by atoms with E-state index in [1.165, 1.54) is 33.2 Å². The van der Waals surface area contributed by atoms with Gasteiger partial charge in [-0.3, -0.25) is 0 Å². The highest BCUT2D eigenvalue weighted by Crippen LogP contribution is 2.19. The first-order valence-electron chi connectivity index (χ1n) is 4.95. The standard InChI is InChI=1S/C11H14N2O3S/c1-9(8-12)13(2)17(14,15)11-6-4-10(16-3)5-7-11/h4-7,9H,1-3H3. The summed E-state index contributed by atoms with van der Waals surface area (Å²) in [5.41, 5.74) is 0. The molecule has 0 radical (unpaired) electrons. The molecule has 1 rings (SSSR count). The van der Waals surface area contributed by atoms with Gasteiger partial charge in [0.15, 0.2) is 0 Å². The predicted octanol–water partition coefficient (Wildman–Crippen LogP) is 1.23. The van der Waals surface area contributed by atoms with Crippen LogP contribution in [0.4, 0.5) is 0 Å². The quantitative estimate of drug-likeness (QED) is 0.810. The van der Waals surface area contributed by atoms with Crippen LogP contribution in [0.2, 0.25) is 0 Å². The van der Waals surface area contributed by atoms with Crippen LogP contribution in [0.1, 0.15) is 6.92 Å². The highest BCUT2D eigenvalue weighted by atomic mass is 32.2. The topological polar surface area (TPSA) is 70.4 Å². The summed E-state index contributed by atoms with van der Waals surface area (Å²) in [4.78, 5) is 0.142. The molecular formula is C11H14N2O3S. The summed E-state index contributed by atoms with van der Waals surface area (Å²) < 4.78 is 30.1. The molecule has 0 aliphatic rings. The van der Waals surface area contributed by atoms with E-state index in [4.69, 9.17) is 10.00 Å². The summed E-state index contributed by atoms with van der Waals surface area (Å²) in [5.74, 6) is 0.583. The largest absolute Gasteiger partial charge is 0.497 e. The number of rotatable bonds is 4. The summed E-state index contributed by atoms with van der Waals surface area (Å²) in [6.45, 7) is 1.53. The van der Waals surface area contributed by atoms with Crippen LogP contribution in [0.25, 0.3) is 0 Å². The van der Waals surface area contributed by atoms with Gasteiger partial charge in [0.2, 0.25) is 10.0 Å². The molecule has 17 heavy (non-hydrogen) atoms. The van der Waals surface area contributed by atoms with Crippen LogP contribution in [0, 0.1) is 11.3 Å². The molecule has 92 valence electrons. The third-order valence-electron chi connectivity index (χ3n) is 2.47. The molecule has 0 amide bonds. The fourth-order valence-corrected chi connectivity index (χ4v) is 2.48. The molecule has 0 aliphatic carbocycles. The molecule has 0 bridgehead atoms. The van der Waals surface area contributed by atoms with Gasteiger partial charge in [0.25, 0.3) is 0 Å². The predicted molar refractivity (Wildman–Crippen MR) is 63.0 cm³/mol. The van der Waals surface area contributed by atoms with Crippen molar-refractivity contribution in [3.05, 3.63) is 24.3 Å². The zero-order valence-corrected chi connectivity index (χ0v) is 10.7. The fraction of sp³-hybridized carbons (Fsp3) is 0.364. The zero-order chi connectivity index (χ0) is 13.1. The first-order chi connectivity index (χ1) is 7.93. The van der Waals surface area contributed by atoms with Crippen molar-refractivity contribution in [1.29, 1.82) is 5.26 Å². The maximum absolute atomic E-state index is 12.1. The lowest BCUT2D eigenvalue weighted by Gasteiger charge is -2.19. The second kappa shape index (κ2) is 5.17. The zero-order valence-electron chi connectivity index (χ0n) is 9.91. The van der Waals surface area contributed by atoms with Crippen molar-refractivity contribution < 1.29 is 13.2 Å². The molecule has 0 fully saturated rings. The Labute approximate surface area is 101 Å². The van der Waals surface area contributed by atoms with Crippen molar-refractivity contribution in [3.8, 4) is 11.8 Å². The third-order valence-corrected chi connectivity index (χ3v) is 4.41. The lowest BCUT2D eigenvalue weighted by molar-refractivity contribution is 0.414. The smallest absolute Gasteiger partial charge is 0.244 e. The maximum Gasteiger partial charge on any atom is 0.244 e. The fourth-order valence-electron chi connectivity index (χ4n) is 1.20. The molecule has 5 nitrogen and oxygen atoms in total. The van der Waals surface area contributed by atoms with Gasteiger partial charge in [-0.25, -0.2) is 8.42 Å². The molecule has 0 saturated heterocycles. The van der Waals surface area contributed by atoms with E-state index >= 15 is 0 Å². The second-order valence-corrected chi connectivity index (χ2v) is 5.50. The number of sulfonamides is 1. The van der Waals surface area contributed by atoms with Crippen LogP contribution in [0.15, 0.2) is 29.2 Å². The third kappa shape index (κ3) is 2.75. The molecule has 0 aliphatic heterocycles. The number of hydrogen-bond acceptors (Lipinski definition) is 4. The highest BCUT2D eigenvalue weighted by molar-refractivity contribution is 7.89. The van der Waals surface area contributed by atoms with Crippen molar-refractivity contribution in [2.75, 3.05) is 14.2 Å². The van der Waals surface area contributed by atoms with Crippen LogP contribution >= 0.6 is 0 Å². The van der Waals surface area contributed by atoms with Gasteiger partial charge in [-0.05, 0) is 31.2 Å². The average molecular weight is 254 g/mol. The maximum atomic E-state index is 12.1. The number of ether oxygens (including phenoxy) is 1. The molecule has 0 aromatic heterocycles. The Morgan fingerprint density at radius 2 is 1.88 bits per heavy atom. The van der Waals surface area contributed by atoms with Gasteiger partial charge in [-0.15, -0.1) is 0 Å². The lowest BCUT2D eigenvalue weighted by atomic mass is 10.3. The van der Waals surface area contributed by atoms with E-state index in [0.717, 1.165) is 4.31 Å². The van der Waals surface area contributed by atoms with E-state index < -0.39 is 16.1 Å². The van der Waals surface area contributed by atoms with Gasteiger partial charge < -0.3 is 4.74 Å². The molecular weight excluding hydrogens is 240 g/mol. The Balaban J connectivity index is 3.09. The average Bonchev–Trinajstić information content (AvgIpc) is 2.36. The Morgan fingerprint density at radius 1 is 1.35 bits per heavy atom. The minimum Gasteiger partial charge on any atom is -0.497 e. The molecule has 1 aromatic rings. The summed E-state index contributed by atoms with van der Waals surface area (Å²) in [6, 6.07) is 7.22. The van der Waals surface area contributed by atoms with Crippen LogP contribution in [-0.4, -0.2) is 32.9 Å². The van der Waals surface area contributed by atoms with E-state index in [1.807, 2.05) is 6.07 Å². The normalized spacial score (nSPS) is 13.1. The van der Waals surface area contributed by atoms with Crippen molar-refractivity contribution in [3.63, 3.8) is 0 Å². The van der Waals surface area contributed by atoms with E-state index in [0.29, 0.717) is 5.75 Å². The van der Waals surface area contributed by atoms with Gasteiger partial charge in [-0.1, -0.05) is 0 Å². The van der Waals surface area contributed by atoms with Crippen LogP contribution in [0.5, 0.6) is 5.75 Å². The van der Waals surface area contributed by atoms with E-state index in [1.54, 1.807) is 12.1 Å². The minimum atomic E-state index is -3.62. The first-order valence-corrected chi connectivity index (χ1v) is 6.39. The molecule has 0 heterocycles. The molecule has 0 N–H and O–H groups in total. The second-order valence-electron chi connectivity index (χ2n) is 3.50. The Hall–Kier alpha value is -1.58. The highest BCUT2D eigenvalue weighted by Gasteiger charge is 2.24. The summed E-state index contributed by atoms with van der Waals surface area (Å²) in [5, 5.41) is 8.72. The minimum absolute atomic E-state index is 0.142. The summed E-state index contributed by atoms with van der Waals surface area (Å²) in [6.07, 6.45) is 0. The monoisotopic (exact) mass is 254 g/mol. The Kier molecular flexibility index (Phi) is 4.10. The van der Waals surface area contributed by atoms with Gasteiger partial charge >= 0.3 is 0 Å². The number of nitriles is 1. The summed E-state index contributed by atoms with van der Waals surface area (Å²) in [7, 11) is -0.730. The number of nitrogens with zero attached hydrogens (tertiary/aromatic N) is 2. The SMILES string of the molecule is COc1ccc(S(=O)(=O)N(C)C(C)C#N)cc1. The molecule has 1 aromatic carbocycles. The molecule has 1 atom stereocenters. The van der Waals surface area contributed by atoms with Gasteiger partial charge in [0.05, 0.1) is 18.1 Å². The van der Waals surface area contributed by atoms with Crippen molar-refractivity contribution in [1.82, 2.24) is 4.31 Å². The number of hydrogen-bond donors (Lipinski definition) is 0. The molecule has 1 unspecified atom stereocenters. The van der Waals surface area contributed by atoms with Gasteiger partial charge in [-0.2, -0.15) is 9.57 Å². The van der Waals surface area contributed by atoms with Crippen LogP contribution in [0.3, 0.4) is 0 Å². The molecule has 0 saturated carbocycles. The van der Waals surface area contributed by atoms with Gasteiger partial charge in [0, 0.05) is 7.05 Å². The van der Waals surface area contributed by atoms with E-state index in [9.17, 15) is 8.42 Å². The Morgan fingerprint density at radius 3 is 2.29 bits per heavy atom. The van der Waals surface area contributed by atoms with Crippen molar-refractivity contribution in [2.45, 2.75) is 17.9 Å². The lowest BCUT2D eigenvalue weighted by Crippen LogP contribution is -2.34. The molecule has 0 spiro atoms. The van der Waals surface area contributed by atoms with Crippen LogP contribution in [-0.2, 0) is 10.0 Å². The van der Waals surface area contributed by atoms with Crippen LogP contribution < -0.4 is 4.74 Å².